The maximum absolute atomic E-state index is 10.8. The predicted molar refractivity (Wildman–Crippen MR) is 65.6 cm³/mol. The van der Waals surface area contributed by atoms with Gasteiger partial charge in [0.2, 0.25) is 0 Å². The second kappa shape index (κ2) is 4.10. The average Bonchev–Trinajstić information content (AvgIpc) is 2.90. The molecule has 94 valence electrons. The Labute approximate surface area is 102 Å². The van der Waals surface area contributed by atoms with Crippen LogP contribution in [0.5, 0.6) is 0 Å². The highest BCUT2D eigenvalue weighted by molar-refractivity contribution is 5.00. The number of hydrogen-bond donors (Lipinski definition) is 1. The Kier molecular flexibility index (Phi) is 2.71. The van der Waals surface area contributed by atoms with Crippen molar-refractivity contribution in [3.8, 4) is 0 Å². The van der Waals surface area contributed by atoms with Gasteiger partial charge in [-0.2, -0.15) is 0 Å². The van der Waals surface area contributed by atoms with Gasteiger partial charge in [0, 0.05) is 44.9 Å². The highest BCUT2D eigenvalue weighted by Gasteiger charge is 2.44. The number of piperidine rings is 1. The third-order valence-corrected chi connectivity index (χ3v) is 4.60. The standard InChI is InChI=1S/C13H21N3O/c1-15-9-6-14-12(15)2-4-13(17)5-8-16-7-3-11(13)10-16/h6,9,11,17H,2-5,7-8,10H2,1H3. The first-order valence-electron chi connectivity index (χ1n) is 6.58. The highest BCUT2D eigenvalue weighted by Crippen LogP contribution is 2.38. The molecular formula is C13H21N3O. The van der Waals surface area contributed by atoms with Crippen molar-refractivity contribution in [1.82, 2.24) is 14.5 Å². The maximum atomic E-state index is 10.8. The number of hydrogen-bond acceptors (Lipinski definition) is 3. The zero-order chi connectivity index (χ0) is 11.9. The Morgan fingerprint density at radius 3 is 3.18 bits per heavy atom. The van der Waals surface area contributed by atoms with Crippen LogP contribution in [0.3, 0.4) is 0 Å². The van der Waals surface area contributed by atoms with Crippen LogP contribution in [0.4, 0.5) is 0 Å². The molecule has 0 aromatic carbocycles. The molecule has 0 amide bonds. The van der Waals surface area contributed by atoms with Gasteiger partial charge in [-0.25, -0.2) is 4.98 Å². The molecule has 4 heteroatoms. The fraction of sp³-hybridized carbons (Fsp3) is 0.769. The fourth-order valence-corrected chi connectivity index (χ4v) is 3.32. The lowest BCUT2D eigenvalue weighted by Gasteiger charge is -2.38. The molecule has 1 aromatic heterocycles. The third kappa shape index (κ3) is 2.00. The smallest absolute Gasteiger partial charge is 0.108 e. The van der Waals surface area contributed by atoms with Crippen LogP contribution in [0, 0.1) is 5.92 Å². The minimum Gasteiger partial charge on any atom is -0.389 e. The molecule has 0 aliphatic carbocycles. The van der Waals surface area contributed by atoms with Crippen molar-refractivity contribution in [2.45, 2.75) is 31.3 Å². The molecule has 3 rings (SSSR count). The Morgan fingerprint density at radius 1 is 1.53 bits per heavy atom. The number of aromatic nitrogens is 2. The molecule has 2 aliphatic rings. The Bertz CT molecular complexity index is 403. The minimum absolute atomic E-state index is 0.445. The molecular weight excluding hydrogens is 214 g/mol. The zero-order valence-electron chi connectivity index (χ0n) is 10.5. The van der Waals surface area contributed by atoms with Gasteiger partial charge in [-0.1, -0.05) is 0 Å². The van der Waals surface area contributed by atoms with Crippen molar-refractivity contribution in [1.29, 1.82) is 0 Å². The molecule has 2 aliphatic heterocycles. The van der Waals surface area contributed by atoms with Crippen molar-refractivity contribution < 1.29 is 5.11 Å². The lowest BCUT2D eigenvalue weighted by molar-refractivity contribution is -0.0510. The van der Waals surface area contributed by atoms with E-state index in [4.69, 9.17) is 0 Å². The zero-order valence-corrected chi connectivity index (χ0v) is 10.5. The van der Waals surface area contributed by atoms with Crippen LogP contribution in [0.1, 0.15) is 25.1 Å². The SMILES string of the molecule is Cn1ccnc1CCC1(O)CCN2CCC1C2. The molecule has 0 spiro atoms. The van der Waals surface area contributed by atoms with Gasteiger partial charge in [-0.05, 0) is 25.8 Å². The summed E-state index contributed by atoms with van der Waals surface area (Å²) in [4.78, 5) is 6.81. The molecule has 2 fully saturated rings. The van der Waals surface area contributed by atoms with Crippen LogP contribution in [0.15, 0.2) is 12.4 Å². The van der Waals surface area contributed by atoms with Gasteiger partial charge in [-0.3, -0.25) is 0 Å². The minimum atomic E-state index is -0.445. The lowest BCUT2D eigenvalue weighted by Crippen LogP contribution is -2.46. The molecule has 17 heavy (non-hydrogen) atoms. The predicted octanol–water partition coefficient (Wildman–Crippen LogP) is 0.809. The quantitative estimate of drug-likeness (QED) is 0.843. The number of rotatable bonds is 3. The van der Waals surface area contributed by atoms with E-state index in [0.29, 0.717) is 5.92 Å². The molecule has 3 heterocycles. The van der Waals surface area contributed by atoms with Crippen LogP contribution in [-0.4, -0.2) is 44.8 Å². The van der Waals surface area contributed by atoms with Crippen molar-refractivity contribution in [2.24, 2.45) is 13.0 Å². The van der Waals surface area contributed by atoms with E-state index in [1.54, 1.807) is 0 Å². The number of aryl methyl sites for hydroxylation is 2. The molecule has 2 saturated heterocycles. The van der Waals surface area contributed by atoms with Crippen LogP contribution in [0.25, 0.3) is 0 Å². The Morgan fingerprint density at radius 2 is 2.41 bits per heavy atom. The maximum Gasteiger partial charge on any atom is 0.108 e. The van der Waals surface area contributed by atoms with Gasteiger partial charge in [0.05, 0.1) is 5.60 Å². The Balaban J connectivity index is 1.66. The summed E-state index contributed by atoms with van der Waals surface area (Å²) in [6, 6.07) is 0. The molecule has 1 N–H and O–H groups in total. The fourth-order valence-electron chi connectivity index (χ4n) is 3.32. The first-order chi connectivity index (χ1) is 8.17. The summed E-state index contributed by atoms with van der Waals surface area (Å²) >= 11 is 0. The normalized spacial score (nSPS) is 36.4. The van der Waals surface area contributed by atoms with Crippen molar-refractivity contribution >= 4 is 0 Å². The summed E-state index contributed by atoms with van der Waals surface area (Å²) in [6.45, 7) is 3.33. The van der Waals surface area contributed by atoms with Gasteiger partial charge < -0.3 is 14.6 Å². The second-order valence-electron chi connectivity index (χ2n) is 5.59. The highest BCUT2D eigenvalue weighted by atomic mass is 16.3. The molecule has 3 unspecified atom stereocenters. The summed E-state index contributed by atoms with van der Waals surface area (Å²) in [5.41, 5.74) is -0.445. The largest absolute Gasteiger partial charge is 0.389 e. The van der Waals surface area contributed by atoms with Gasteiger partial charge in [0.15, 0.2) is 0 Å². The number of imidazole rings is 1. The van der Waals surface area contributed by atoms with E-state index < -0.39 is 5.60 Å². The van der Waals surface area contributed by atoms with Crippen molar-refractivity contribution in [3.05, 3.63) is 18.2 Å². The molecule has 2 bridgehead atoms. The number of nitrogens with zero attached hydrogens (tertiary/aromatic N) is 3. The van der Waals surface area contributed by atoms with Gasteiger partial charge in [0.1, 0.15) is 5.82 Å². The summed E-state index contributed by atoms with van der Waals surface area (Å²) in [6.07, 6.45) is 7.64. The molecule has 3 atom stereocenters. The van der Waals surface area contributed by atoms with Gasteiger partial charge in [-0.15, -0.1) is 0 Å². The first kappa shape index (κ1) is 11.2. The van der Waals surface area contributed by atoms with Crippen molar-refractivity contribution in [3.63, 3.8) is 0 Å². The van der Waals surface area contributed by atoms with E-state index in [1.165, 1.54) is 6.54 Å². The van der Waals surface area contributed by atoms with E-state index in [1.807, 2.05) is 24.0 Å². The lowest BCUT2D eigenvalue weighted by atomic mass is 9.79. The molecule has 0 saturated carbocycles. The third-order valence-electron chi connectivity index (χ3n) is 4.60. The molecule has 1 aromatic rings. The second-order valence-corrected chi connectivity index (χ2v) is 5.59. The monoisotopic (exact) mass is 235 g/mol. The Hall–Kier alpha value is -0.870. The average molecular weight is 235 g/mol. The van der Waals surface area contributed by atoms with Crippen molar-refractivity contribution in [2.75, 3.05) is 19.6 Å². The van der Waals surface area contributed by atoms with Crippen LogP contribution >= 0.6 is 0 Å². The number of aliphatic hydroxyl groups is 1. The molecule has 4 nitrogen and oxygen atoms in total. The summed E-state index contributed by atoms with van der Waals surface area (Å²) in [7, 11) is 2.02. The summed E-state index contributed by atoms with van der Waals surface area (Å²) < 4.78 is 2.05. The first-order valence-corrected chi connectivity index (χ1v) is 6.58. The van der Waals surface area contributed by atoms with Gasteiger partial charge >= 0.3 is 0 Å². The van der Waals surface area contributed by atoms with E-state index in [2.05, 4.69) is 9.88 Å². The summed E-state index contributed by atoms with van der Waals surface area (Å²) in [5.74, 6) is 1.57. The van der Waals surface area contributed by atoms with E-state index in [0.717, 1.165) is 44.6 Å². The van der Waals surface area contributed by atoms with E-state index in [9.17, 15) is 5.11 Å². The van der Waals surface area contributed by atoms with Gasteiger partial charge in [0.25, 0.3) is 0 Å². The van der Waals surface area contributed by atoms with Crippen LogP contribution in [-0.2, 0) is 13.5 Å². The molecule has 0 radical (unpaired) electrons. The summed E-state index contributed by atoms with van der Waals surface area (Å²) in [5, 5.41) is 10.8. The van der Waals surface area contributed by atoms with Crippen LogP contribution < -0.4 is 0 Å². The van der Waals surface area contributed by atoms with E-state index >= 15 is 0 Å². The number of fused-ring (bicyclic) bond motifs is 2. The van der Waals surface area contributed by atoms with E-state index in [-0.39, 0.29) is 0 Å². The topological polar surface area (TPSA) is 41.3 Å². The van der Waals surface area contributed by atoms with Crippen LogP contribution in [0.2, 0.25) is 0 Å².